The average molecular weight is 699 g/mol. The van der Waals surface area contributed by atoms with Gasteiger partial charge in [0.25, 0.3) is 31.9 Å². The van der Waals surface area contributed by atoms with Crippen LogP contribution in [0.3, 0.4) is 0 Å². The molecule has 0 aliphatic heterocycles. The molecule has 0 radical (unpaired) electrons. The summed E-state index contributed by atoms with van der Waals surface area (Å²) in [6, 6.07) is 18.7. The number of rotatable bonds is 12. The van der Waals surface area contributed by atoms with Gasteiger partial charge in [-0.05, 0) is 60.7 Å². The molecule has 48 heavy (non-hydrogen) atoms. The first-order chi connectivity index (χ1) is 22.7. The number of carbonyl (C=O) groups excluding carboxylic acids is 4. The molecule has 0 heterocycles. The lowest BCUT2D eigenvalue weighted by atomic mass is 10.1. The maximum absolute atomic E-state index is 14.0. The molecule has 0 unspecified atom stereocenters. The van der Waals surface area contributed by atoms with Crippen LogP contribution in [0, 0.1) is 0 Å². The highest BCUT2D eigenvalue weighted by Gasteiger charge is 2.32. The number of hydrogen-bond donors (Lipinski definition) is 6. The summed E-state index contributed by atoms with van der Waals surface area (Å²) in [5, 5.41) is 23.8. The number of anilines is 4. The Hall–Kier alpha value is -5.56. The van der Waals surface area contributed by atoms with E-state index in [2.05, 4.69) is 10.6 Å². The monoisotopic (exact) mass is 698 g/mol. The van der Waals surface area contributed by atoms with Crippen LogP contribution < -0.4 is 30.2 Å². The summed E-state index contributed by atoms with van der Waals surface area (Å²) in [6.07, 6.45) is 0. The average Bonchev–Trinajstić information content (AvgIpc) is 3.05. The van der Waals surface area contributed by atoms with Crippen LogP contribution in [-0.2, 0) is 39.2 Å². The number of nitrogens with zero attached hydrogens (tertiary/aromatic N) is 2. The van der Waals surface area contributed by atoms with E-state index in [0.717, 1.165) is 0 Å². The van der Waals surface area contributed by atoms with E-state index in [1.54, 1.807) is 0 Å². The van der Waals surface area contributed by atoms with Crippen LogP contribution in [0.4, 0.5) is 22.7 Å². The van der Waals surface area contributed by atoms with Gasteiger partial charge in [0.1, 0.15) is 13.1 Å². The van der Waals surface area contributed by atoms with Crippen LogP contribution in [0.5, 0.6) is 0 Å². The second-order valence-electron chi connectivity index (χ2n) is 10.2. The molecule has 0 saturated carbocycles. The summed E-state index contributed by atoms with van der Waals surface area (Å²) < 4.78 is 57.3. The van der Waals surface area contributed by atoms with Gasteiger partial charge in [-0.3, -0.25) is 38.2 Å². The lowest BCUT2D eigenvalue weighted by molar-refractivity contribution is -0.128. The molecule has 6 N–H and O–H groups in total. The highest BCUT2D eigenvalue weighted by Crippen LogP contribution is 2.38. The molecule has 18 heteroatoms. The number of amides is 4. The Labute approximate surface area is 275 Å². The standard InChI is InChI=1S/C30H30N6O10S2/c1-19(37)31-21-7-11-23(12-8-21)47(43,44)35(17-29(39)33-41)27-15-16-28(26-6-4-3-5-25(26)27)36(18-30(40)34-42)48(45,46)24-13-9-22(10-14-24)32-20(2)38/h3-16,41-42H,17-18H2,1-2H3,(H,31,37)(H,32,38)(H,33,39)(H,34,40). The fraction of sp³-hybridized carbons (Fsp3) is 0.133. The first kappa shape index (κ1) is 35.3. The smallest absolute Gasteiger partial charge is 0.264 e. The topological polar surface area (TPSA) is 232 Å². The summed E-state index contributed by atoms with van der Waals surface area (Å²) >= 11 is 0. The second-order valence-corrected chi connectivity index (χ2v) is 13.9. The van der Waals surface area contributed by atoms with Crippen molar-refractivity contribution in [2.75, 3.05) is 32.3 Å². The van der Waals surface area contributed by atoms with Crippen LogP contribution in [0.25, 0.3) is 10.8 Å². The van der Waals surface area contributed by atoms with Gasteiger partial charge in [-0.15, -0.1) is 0 Å². The summed E-state index contributed by atoms with van der Waals surface area (Å²) in [6.45, 7) is 0.763. The first-order valence-corrected chi connectivity index (χ1v) is 16.8. The number of benzene rings is 4. The Morgan fingerprint density at radius 3 is 1.19 bits per heavy atom. The van der Waals surface area contributed by atoms with Crippen LogP contribution in [0.1, 0.15) is 13.8 Å². The van der Waals surface area contributed by atoms with Gasteiger partial charge in [0.05, 0.1) is 21.2 Å². The van der Waals surface area contributed by atoms with Crippen LogP contribution in [-0.4, -0.2) is 64.0 Å². The quantitative estimate of drug-likeness (QED) is 0.0932. The molecule has 0 aliphatic carbocycles. The SMILES string of the molecule is CC(=O)Nc1ccc(S(=O)(=O)N(CC(=O)NO)c2ccc(N(CC(=O)NO)S(=O)(=O)c3ccc(NC(C)=O)cc3)c3ccccc23)cc1. The van der Waals surface area contributed by atoms with Crippen molar-refractivity contribution in [2.45, 2.75) is 23.6 Å². The summed E-state index contributed by atoms with van der Waals surface area (Å²) in [5.74, 6) is -2.94. The fourth-order valence-electron chi connectivity index (χ4n) is 4.71. The van der Waals surface area contributed by atoms with Crippen molar-refractivity contribution in [3.63, 3.8) is 0 Å². The van der Waals surface area contributed by atoms with E-state index in [-0.39, 0.29) is 43.8 Å². The molecular weight excluding hydrogens is 668 g/mol. The van der Waals surface area contributed by atoms with E-state index in [9.17, 15) is 46.4 Å². The number of sulfonamides is 2. The molecule has 0 aromatic heterocycles. The van der Waals surface area contributed by atoms with E-state index in [0.29, 0.717) is 20.0 Å². The van der Waals surface area contributed by atoms with Crippen molar-refractivity contribution < 1.29 is 46.4 Å². The summed E-state index contributed by atoms with van der Waals surface area (Å²) in [5.41, 5.74) is 3.26. The number of carbonyl (C=O) groups is 4. The highest BCUT2D eigenvalue weighted by molar-refractivity contribution is 7.93. The van der Waals surface area contributed by atoms with Crippen molar-refractivity contribution in [3.8, 4) is 0 Å². The van der Waals surface area contributed by atoms with Crippen molar-refractivity contribution in [1.29, 1.82) is 0 Å². The summed E-state index contributed by atoms with van der Waals surface area (Å²) in [7, 11) is -9.09. The number of hydrogen-bond acceptors (Lipinski definition) is 10. The zero-order valence-electron chi connectivity index (χ0n) is 25.4. The van der Waals surface area contributed by atoms with Crippen LogP contribution >= 0.6 is 0 Å². The predicted molar refractivity (Wildman–Crippen MR) is 174 cm³/mol. The lowest BCUT2D eigenvalue weighted by Gasteiger charge is -2.28. The van der Waals surface area contributed by atoms with E-state index < -0.39 is 45.0 Å². The zero-order valence-corrected chi connectivity index (χ0v) is 27.0. The largest absolute Gasteiger partial charge is 0.326 e. The van der Waals surface area contributed by atoms with E-state index in [1.165, 1.54) is 110 Å². The molecular formula is C30H30N6O10S2. The minimum Gasteiger partial charge on any atom is -0.326 e. The third-order valence-electron chi connectivity index (χ3n) is 6.76. The van der Waals surface area contributed by atoms with E-state index in [4.69, 9.17) is 0 Å². The Bertz CT molecular complexity index is 1940. The number of fused-ring (bicyclic) bond motifs is 1. The molecule has 0 atom stereocenters. The van der Waals surface area contributed by atoms with Crippen molar-refractivity contribution in [1.82, 2.24) is 11.0 Å². The molecule has 0 bridgehead atoms. The Kier molecular flexibility index (Phi) is 10.6. The molecule has 4 rings (SSSR count). The van der Waals surface area contributed by atoms with Gasteiger partial charge in [-0.25, -0.2) is 27.8 Å². The zero-order chi connectivity index (χ0) is 35.2. The molecule has 0 fully saturated rings. The molecule has 4 aromatic carbocycles. The van der Waals surface area contributed by atoms with Gasteiger partial charge in [0.2, 0.25) is 11.8 Å². The maximum Gasteiger partial charge on any atom is 0.264 e. The van der Waals surface area contributed by atoms with Gasteiger partial charge < -0.3 is 10.6 Å². The van der Waals surface area contributed by atoms with E-state index >= 15 is 0 Å². The normalized spacial score (nSPS) is 11.3. The maximum atomic E-state index is 14.0. The Morgan fingerprint density at radius 1 is 0.562 bits per heavy atom. The van der Waals surface area contributed by atoms with Crippen molar-refractivity contribution >= 4 is 77.2 Å². The van der Waals surface area contributed by atoms with Crippen molar-refractivity contribution in [2.24, 2.45) is 0 Å². The number of nitrogens with one attached hydrogen (secondary N) is 4. The lowest BCUT2D eigenvalue weighted by Crippen LogP contribution is -2.41. The van der Waals surface area contributed by atoms with Gasteiger partial charge >= 0.3 is 0 Å². The Balaban J connectivity index is 1.89. The molecule has 0 aliphatic rings. The molecule has 4 amide bonds. The predicted octanol–water partition coefficient (Wildman–Crippen LogP) is 2.16. The first-order valence-electron chi connectivity index (χ1n) is 13.9. The third-order valence-corrected chi connectivity index (χ3v) is 10.3. The molecule has 16 nitrogen and oxygen atoms in total. The molecule has 0 spiro atoms. The fourth-order valence-corrected chi connectivity index (χ4v) is 7.59. The third kappa shape index (κ3) is 7.69. The van der Waals surface area contributed by atoms with Crippen LogP contribution in [0.15, 0.2) is 94.7 Å². The molecule has 0 saturated heterocycles. The molecule has 4 aromatic rings. The van der Waals surface area contributed by atoms with Gasteiger partial charge in [-0.2, -0.15) is 0 Å². The second kappa shape index (κ2) is 14.5. The van der Waals surface area contributed by atoms with Crippen molar-refractivity contribution in [3.05, 3.63) is 84.9 Å². The summed E-state index contributed by atoms with van der Waals surface area (Å²) in [4.78, 5) is 47.1. The minimum absolute atomic E-state index is 0.0903. The van der Waals surface area contributed by atoms with Gasteiger partial charge in [0, 0.05) is 36.0 Å². The Morgan fingerprint density at radius 2 is 0.896 bits per heavy atom. The minimum atomic E-state index is -4.55. The number of hydroxylamine groups is 2. The van der Waals surface area contributed by atoms with Gasteiger partial charge in [0.15, 0.2) is 0 Å². The van der Waals surface area contributed by atoms with E-state index in [1.807, 2.05) is 0 Å². The van der Waals surface area contributed by atoms with Gasteiger partial charge in [-0.1, -0.05) is 24.3 Å². The van der Waals surface area contributed by atoms with Crippen LogP contribution in [0.2, 0.25) is 0 Å². The highest BCUT2D eigenvalue weighted by atomic mass is 32.2. The molecule has 252 valence electrons.